The van der Waals surface area contributed by atoms with Crippen molar-refractivity contribution in [3.8, 4) is 5.75 Å². The van der Waals surface area contributed by atoms with Gasteiger partial charge >= 0.3 is 6.03 Å². The molecule has 0 saturated carbocycles. The molecule has 3 amide bonds. The number of carbonyl (C=O) groups excluding carboxylic acids is 2. The minimum Gasteiger partial charge on any atom is -0.497 e. The Morgan fingerprint density at radius 2 is 1.47 bits per heavy atom. The van der Waals surface area contributed by atoms with Gasteiger partial charge in [0.15, 0.2) is 0 Å². The van der Waals surface area contributed by atoms with Gasteiger partial charge in [-0.05, 0) is 53.9 Å². The molecular formula is C25H26FN3O3. The first-order valence-corrected chi connectivity index (χ1v) is 10.3. The third-order valence-corrected chi connectivity index (χ3v) is 4.89. The van der Waals surface area contributed by atoms with Crippen LogP contribution in [0.1, 0.15) is 33.9 Å². The molecule has 0 aliphatic rings. The highest BCUT2D eigenvalue weighted by atomic mass is 19.1. The van der Waals surface area contributed by atoms with E-state index in [9.17, 15) is 14.0 Å². The predicted molar refractivity (Wildman–Crippen MR) is 121 cm³/mol. The first-order valence-electron chi connectivity index (χ1n) is 10.3. The Balaban J connectivity index is 1.49. The van der Waals surface area contributed by atoms with E-state index in [1.54, 1.807) is 7.11 Å². The Morgan fingerprint density at radius 3 is 2.12 bits per heavy atom. The molecule has 0 bridgehead atoms. The standard InChI is InChI=1S/C25H26FN3O3/c1-32-22-14-10-19(11-15-22)23(18-6-3-2-4-7-18)29-25(31)28-17-5-16-27-24(30)20-8-12-21(26)13-9-20/h2-4,6-15,23H,5,16-17H2,1H3,(H,27,30)(H2,28,29,31). The van der Waals surface area contributed by atoms with Crippen molar-refractivity contribution >= 4 is 11.9 Å². The van der Waals surface area contributed by atoms with Crippen molar-refractivity contribution in [2.45, 2.75) is 12.5 Å². The molecule has 166 valence electrons. The fourth-order valence-corrected chi connectivity index (χ4v) is 3.18. The van der Waals surface area contributed by atoms with Crippen molar-refractivity contribution in [1.29, 1.82) is 0 Å². The molecule has 0 fully saturated rings. The number of nitrogens with one attached hydrogen (secondary N) is 3. The van der Waals surface area contributed by atoms with Crippen molar-refractivity contribution in [2.75, 3.05) is 20.2 Å². The summed E-state index contributed by atoms with van der Waals surface area (Å²) in [5.74, 6) is 0.0750. The molecule has 3 aromatic carbocycles. The molecule has 3 rings (SSSR count). The van der Waals surface area contributed by atoms with E-state index >= 15 is 0 Å². The number of hydrogen-bond donors (Lipinski definition) is 3. The first kappa shape index (κ1) is 22.8. The van der Waals surface area contributed by atoms with E-state index in [0.717, 1.165) is 16.9 Å². The maximum atomic E-state index is 12.9. The summed E-state index contributed by atoms with van der Waals surface area (Å²) in [4.78, 5) is 24.5. The van der Waals surface area contributed by atoms with Crippen molar-refractivity contribution in [2.24, 2.45) is 0 Å². The van der Waals surface area contributed by atoms with E-state index in [-0.39, 0.29) is 23.8 Å². The summed E-state index contributed by atoms with van der Waals surface area (Å²) in [5, 5.41) is 8.58. The van der Waals surface area contributed by atoms with E-state index in [4.69, 9.17) is 4.74 Å². The average molecular weight is 435 g/mol. The van der Waals surface area contributed by atoms with Gasteiger partial charge in [0, 0.05) is 18.7 Å². The van der Waals surface area contributed by atoms with Crippen LogP contribution in [0.25, 0.3) is 0 Å². The zero-order valence-corrected chi connectivity index (χ0v) is 17.8. The molecule has 0 aromatic heterocycles. The Kier molecular flexibility index (Phi) is 8.20. The molecule has 0 aliphatic heterocycles. The molecule has 0 radical (unpaired) electrons. The van der Waals surface area contributed by atoms with E-state index in [2.05, 4.69) is 16.0 Å². The van der Waals surface area contributed by atoms with E-state index in [1.807, 2.05) is 54.6 Å². The van der Waals surface area contributed by atoms with Crippen molar-refractivity contribution < 1.29 is 18.7 Å². The van der Waals surface area contributed by atoms with Crippen LogP contribution in [0, 0.1) is 5.82 Å². The summed E-state index contributed by atoms with van der Waals surface area (Å²) >= 11 is 0. The van der Waals surface area contributed by atoms with Gasteiger partial charge in [-0.15, -0.1) is 0 Å². The largest absolute Gasteiger partial charge is 0.497 e. The normalized spacial score (nSPS) is 11.3. The molecule has 0 spiro atoms. The fourth-order valence-electron chi connectivity index (χ4n) is 3.18. The van der Waals surface area contributed by atoms with Crippen LogP contribution >= 0.6 is 0 Å². The lowest BCUT2D eigenvalue weighted by atomic mass is 9.99. The van der Waals surface area contributed by atoms with Crippen LogP contribution < -0.4 is 20.7 Å². The zero-order valence-electron chi connectivity index (χ0n) is 17.8. The number of halogens is 1. The molecule has 32 heavy (non-hydrogen) atoms. The molecule has 7 heteroatoms. The number of hydrogen-bond acceptors (Lipinski definition) is 3. The number of amides is 3. The number of benzene rings is 3. The number of rotatable bonds is 9. The number of methoxy groups -OCH3 is 1. The highest BCUT2D eigenvalue weighted by molar-refractivity contribution is 5.94. The summed E-state index contributed by atoms with van der Waals surface area (Å²) in [6.07, 6.45) is 0.554. The highest BCUT2D eigenvalue weighted by Gasteiger charge is 2.16. The highest BCUT2D eigenvalue weighted by Crippen LogP contribution is 2.24. The van der Waals surface area contributed by atoms with Crippen molar-refractivity contribution in [3.05, 3.63) is 101 Å². The average Bonchev–Trinajstić information content (AvgIpc) is 2.83. The smallest absolute Gasteiger partial charge is 0.315 e. The van der Waals surface area contributed by atoms with Crippen LogP contribution in [-0.4, -0.2) is 32.1 Å². The van der Waals surface area contributed by atoms with Gasteiger partial charge in [0.2, 0.25) is 0 Å². The Bertz CT molecular complexity index is 1010. The van der Waals surface area contributed by atoms with Gasteiger partial charge < -0.3 is 20.7 Å². The summed E-state index contributed by atoms with van der Waals surface area (Å²) < 4.78 is 18.2. The Morgan fingerprint density at radius 1 is 0.844 bits per heavy atom. The van der Waals surface area contributed by atoms with Crippen molar-refractivity contribution in [3.63, 3.8) is 0 Å². The van der Waals surface area contributed by atoms with E-state index in [1.165, 1.54) is 24.3 Å². The monoisotopic (exact) mass is 435 g/mol. The second-order valence-corrected chi connectivity index (χ2v) is 7.13. The molecule has 0 aliphatic carbocycles. The molecule has 6 nitrogen and oxygen atoms in total. The molecule has 0 saturated heterocycles. The topological polar surface area (TPSA) is 79.5 Å². The molecule has 1 atom stereocenters. The van der Waals surface area contributed by atoms with Crippen LogP contribution in [0.15, 0.2) is 78.9 Å². The summed E-state index contributed by atoms with van der Waals surface area (Å²) in [5.41, 5.74) is 2.28. The summed E-state index contributed by atoms with van der Waals surface area (Å²) in [7, 11) is 1.61. The maximum absolute atomic E-state index is 12.9. The second-order valence-electron chi connectivity index (χ2n) is 7.13. The number of urea groups is 1. The molecule has 0 heterocycles. The summed E-state index contributed by atoms with van der Waals surface area (Å²) in [6.45, 7) is 0.775. The van der Waals surface area contributed by atoms with Gasteiger partial charge in [-0.3, -0.25) is 4.79 Å². The third-order valence-electron chi connectivity index (χ3n) is 4.89. The Labute approximate surface area is 186 Å². The van der Waals surface area contributed by atoms with Gasteiger partial charge in [0.25, 0.3) is 5.91 Å². The van der Waals surface area contributed by atoms with Gasteiger partial charge in [-0.25, -0.2) is 9.18 Å². The van der Waals surface area contributed by atoms with Crippen LogP contribution in [-0.2, 0) is 0 Å². The van der Waals surface area contributed by atoms with Crippen molar-refractivity contribution in [1.82, 2.24) is 16.0 Å². The fraction of sp³-hybridized carbons (Fsp3) is 0.200. The SMILES string of the molecule is COc1ccc(C(NC(=O)NCCCNC(=O)c2ccc(F)cc2)c2ccccc2)cc1. The van der Waals surface area contributed by atoms with Crippen LogP contribution in [0.4, 0.5) is 9.18 Å². The number of carbonyl (C=O) groups is 2. The van der Waals surface area contributed by atoms with E-state index in [0.29, 0.717) is 25.1 Å². The molecule has 3 N–H and O–H groups in total. The predicted octanol–water partition coefficient (Wildman–Crippen LogP) is 4.04. The first-order chi connectivity index (χ1) is 15.6. The summed E-state index contributed by atoms with van der Waals surface area (Å²) in [6, 6.07) is 22.0. The lowest BCUT2D eigenvalue weighted by molar-refractivity contribution is 0.0953. The quantitative estimate of drug-likeness (QED) is 0.444. The van der Waals surface area contributed by atoms with Gasteiger partial charge in [-0.1, -0.05) is 42.5 Å². The molecule has 1 unspecified atom stereocenters. The van der Waals surface area contributed by atoms with Gasteiger partial charge in [-0.2, -0.15) is 0 Å². The lowest BCUT2D eigenvalue weighted by Crippen LogP contribution is -2.39. The van der Waals surface area contributed by atoms with Crippen LogP contribution in [0.3, 0.4) is 0 Å². The minimum atomic E-state index is -0.389. The minimum absolute atomic E-state index is 0.280. The molecular weight excluding hydrogens is 409 g/mol. The maximum Gasteiger partial charge on any atom is 0.315 e. The Hall–Kier alpha value is -3.87. The van der Waals surface area contributed by atoms with Crippen LogP contribution in [0.5, 0.6) is 5.75 Å². The zero-order chi connectivity index (χ0) is 22.8. The molecule has 3 aromatic rings. The second kappa shape index (κ2) is 11.5. The third kappa shape index (κ3) is 6.57. The lowest BCUT2D eigenvalue weighted by Gasteiger charge is -2.20. The van der Waals surface area contributed by atoms with Gasteiger partial charge in [0.1, 0.15) is 11.6 Å². The number of ether oxygens (including phenoxy) is 1. The van der Waals surface area contributed by atoms with Gasteiger partial charge in [0.05, 0.1) is 13.2 Å². The van der Waals surface area contributed by atoms with Crippen LogP contribution in [0.2, 0.25) is 0 Å². The van der Waals surface area contributed by atoms with E-state index < -0.39 is 0 Å².